The number of amides is 2. The molecule has 1 N–H and O–H groups in total. The molecule has 1 heterocycles. The van der Waals surface area contributed by atoms with E-state index >= 15 is 0 Å². The predicted octanol–water partition coefficient (Wildman–Crippen LogP) is 1.63. The molecule has 160 valence electrons. The van der Waals surface area contributed by atoms with Gasteiger partial charge >= 0.3 is 5.97 Å². The van der Waals surface area contributed by atoms with Crippen LogP contribution in [0.4, 0.5) is 0 Å². The smallest absolute Gasteiger partial charge is 0.308 e. The highest BCUT2D eigenvalue weighted by Gasteiger charge is 2.35. The molecule has 1 aliphatic heterocycles. The molecule has 1 saturated heterocycles. The summed E-state index contributed by atoms with van der Waals surface area (Å²) in [6.07, 6.45) is 0.595. The van der Waals surface area contributed by atoms with Crippen LogP contribution in [0.5, 0.6) is 5.75 Å². The van der Waals surface area contributed by atoms with E-state index in [9.17, 15) is 14.4 Å². The Morgan fingerprint density at radius 2 is 1.90 bits per heavy atom. The van der Waals surface area contributed by atoms with E-state index in [1.54, 1.807) is 31.4 Å². The Bertz CT molecular complexity index is 689. The number of rotatable bonds is 10. The first-order chi connectivity index (χ1) is 13.9. The molecule has 1 aromatic rings. The van der Waals surface area contributed by atoms with E-state index in [1.165, 1.54) is 4.90 Å². The van der Waals surface area contributed by atoms with Gasteiger partial charge in [-0.3, -0.25) is 14.4 Å². The van der Waals surface area contributed by atoms with Crippen LogP contribution in [0.15, 0.2) is 24.3 Å². The zero-order valence-electron chi connectivity index (χ0n) is 17.3. The van der Waals surface area contributed by atoms with Crippen molar-refractivity contribution in [3.8, 4) is 5.75 Å². The summed E-state index contributed by atoms with van der Waals surface area (Å²) in [7, 11) is 1.59. The van der Waals surface area contributed by atoms with Crippen molar-refractivity contribution in [2.75, 3.05) is 40.0 Å². The minimum atomic E-state index is -0.875. The summed E-state index contributed by atoms with van der Waals surface area (Å²) < 4.78 is 15.6. The van der Waals surface area contributed by atoms with Gasteiger partial charge in [0.05, 0.1) is 19.6 Å². The maximum Gasteiger partial charge on any atom is 0.308 e. The quantitative estimate of drug-likeness (QED) is 0.469. The highest BCUT2D eigenvalue weighted by Crippen LogP contribution is 2.18. The van der Waals surface area contributed by atoms with Crippen molar-refractivity contribution in [2.45, 2.75) is 32.7 Å². The number of hydrogen-bond acceptors (Lipinski definition) is 6. The molecule has 0 radical (unpaired) electrons. The van der Waals surface area contributed by atoms with Gasteiger partial charge in [0.2, 0.25) is 5.91 Å². The van der Waals surface area contributed by atoms with Gasteiger partial charge in [-0.1, -0.05) is 13.8 Å². The van der Waals surface area contributed by atoms with Crippen molar-refractivity contribution in [3.63, 3.8) is 0 Å². The molecule has 1 fully saturated rings. The van der Waals surface area contributed by atoms with E-state index in [0.717, 1.165) is 6.42 Å². The second-order valence-electron chi connectivity index (χ2n) is 7.28. The van der Waals surface area contributed by atoms with Crippen LogP contribution in [0, 0.1) is 5.92 Å². The van der Waals surface area contributed by atoms with E-state index < -0.39 is 12.0 Å². The number of nitrogens with one attached hydrogen (secondary N) is 1. The Morgan fingerprint density at radius 1 is 1.17 bits per heavy atom. The fourth-order valence-electron chi connectivity index (χ4n) is 2.89. The van der Waals surface area contributed by atoms with E-state index in [-0.39, 0.29) is 18.2 Å². The molecule has 29 heavy (non-hydrogen) atoms. The van der Waals surface area contributed by atoms with Crippen LogP contribution in [-0.4, -0.2) is 68.7 Å². The first kappa shape index (κ1) is 22.7. The van der Waals surface area contributed by atoms with Crippen molar-refractivity contribution in [2.24, 2.45) is 5.92 Å². The van der Waals surface area contributed by atoms with Gasteiger partial charge in [-0.25, -0.2) is 0 Å². The monoisotopic (exact) mass is 406 g/mol. The minimum absolute atomic E-state index is 0.159. The van der Waals surface area contributed by atoms with E-state index in [0.29, 0.717) is 50.1 Å². The minimum Gasteiger partial charge on any atom is -0.491 e. The van der Waals surface area contributed by atoms with Crippen molar-refractivity contribution in [3.05, 3.63) is 29.8 Å². The van der Waals surface area contributed by atoms with Gasteiger partial charge in [0.15, 0.2) is 0 Å². The number of benzene rings is 1. The van der Waals surface area contributed by atoms with Crippen LogP contribution in [0.25, 0.3) is 0 Å². The molecule has 1 aliphatic rings. The lowest BCUT2D eigenvalue weighted by Gasteiger charge is -2.34. The second-order valence-corrected chi connectivity index (χ2v) is 7.28. The van der Waals surface area contributed by atoms with Crippen molar-refractivity contribution in [1.82, 2.24) is 10.2 Å². The third-order valence-electron chi connectivity index (χ3n) is 4.57. The molecule has 0 aromatic heterocycles. The standard InChI is InChI=1S/C21H30N2O6/c1-15(2)8-11-29-19(24)14-18-20(25)22-9-10-23(18)21(26)16-4-6-17(7-5-16)28-13-12-27-3/h4-7,15,18H,8-14H2,1-3H3,(H,22,25). The number of carbonyl (C=O) groups is 3. The molecule has 8 heteroatoms. The molecular formula is C21H30N2O6. The van der Waals surface area contributed by atoms with Crippen LogP contribution in [0.3, 0.4) is 0 Å². The van der Waals surface area contributed by atoms with Gasteiger partial charge in [0.1, 0.15) is 18.4 Å². The fraction of sp³-hybridized carbons (Fsp3) is 0.571. The third-order valence-corrected chi connectivity index (χ3v) is 4.57. The molecule has 0 bridgehead atoms. The van der Waals surface area contributed by atoms with Crippen molar-refractivity contribution >= 4 is 17.8 Å². The number of carbonyl (C=O) groups excluding carboxylic acids is 3. The van der Waals surface area contributed by atoms with Crippen molar-refractivity contribution < 1.29 is 28.6 Å². The molecule has 1 aromatic carbocycles. The Labute approximate surface area is 171 Å². The molecule has 0 spiro atoms. The number of nitrogens with zero attached hydrogens (tertiary/aromatic N) is 1. The maximum atomic E-state index is 12.9. The van der Waals surface area contributed by atoms with Crippen LogP contribution < -0.4 is 10.1 Å². The van der Waals surface area contributed by atoms with Crippen LogP contribution >= 0.6 is 0 Å². The summed E-state index contributed by atoms with van der Waals surface area (Å²) in [6, 6.07) is 5.81. The highest BCUT2D eigenvalue weighted by atomic mass is 16.5. The van der Waals surface area contributed by atoms with Gasteiger partial charge in [-0.2, -0.15) is 0 Å². The Hall–Kier alpha value is -2.61. The average Bonchev–Trinajstić information content (AvgIpc) is 2.69. The van der Waals surface area contributed by atoms with Gasteiger partial charge in [-0.05, 0) is 36.6 Å². The summed E-state index contributed by atoms with van der Waals surface area (Å²) in [6.45, 7) is 5.95. The molecule has 1 unspecified atom stereocenters. The molecule has 2 amide bonds. The SMILES string of the molecule is COCCOc1ccc(C(=O)N2CCNC(=O)C2CC(=O)OCCC(C)C)cc1. The topological polar surface area (TPSA) is 94.2 Å². The normalized spacial score (nSPS) is 16.5. The molecular weight excluding hydrogens is 376 g/mol. The predicted molar refractivity (Wildman–Crippen MR) is 107 cm³/mol. The van der Waals surface area contributed by atoms with E-state index in [2.05, 4.69) is 5.32 Å². The Morgan fingerprint density at radius 3 is 2.55 bits per heavy atom. The average molecular weight is 406 g/mol. The number of piperazine rings is 1. The first-order valence-corrected chi connectivity index (χ1v) is 9.88. The lowest BCUT2D eigenvalue weighted by atomic mass is 10.1. The van der Waals surface area contributed by atoms with Gasteiger partial charge in [0, 0.05) is 25.8 Å². The van der Waals surface area contributed by atoms with Gasteiger partial charge in [-0.15, -0.1) is 0 Å². The van der Waals surface area contributed by atoms with Crippen molar-refractivity contribution in [1.29, 1.82) is 0 Å². The summed E-state index contributed by atoms with van der Waals surface area (Å²) in [5, 5.41) is 2.71. The van der Waals surface area contributed by atoms with Gasteiger partial charge in [0.25, 0.3) is 5.91 Å². The Kier molecular flexibility index (Phi) is 8.92. The number of esters is 1. The van der Waals surface area contributed by atoms with Crippen LogP contribution in [-0.2, 0) is 19.1 Å². The van der Waals surface area contributed by atoms with E-state index in [4.69, 9.17) is 14.2 Å². The first-order valence-electron chi connectivity index (χ1n) is 9.88. The summed E-state index contributed by atoms with van der Waals surface area (Å²) in [4.78, 5) is 38.8. The zero-order valence-corrected chi connectivity index (χ0v) is 17.3. The summed E-state index contributed by atoms with van der Waals surface area (Å²) in [5.41, 5.74) is 0.428. The third kappa shape index (κ3) is 7.05. The highest BCUT2D eigenvalue weighted by molar-refractivity contribution is 5.99. The molecule has 0 aliphatic carbocycles. The number of methoxy groups -OCH3 is 1. The molecule has 0 saturated carbocycles. The second kappa shape index (κ2) is 11.4. The lowest BCUT2D eigenvalue weighted by Crippen LogP contribution is -2.57. The molecule has 8 nitrogen and oxygen atoms in total. The number of hydrogen-bond donors (Lipinski definition) is 1. The summed E-state index contributed by atoms with van der Waals surface area (Å²) >= 11 is 0. The van der Waals surface area contributed by atoms with Crippen LogP contribution in [0.1, 0.15) is 37.0 Å². The van der Waals surface area contributed by atoms with E-state index in [1.807, 2.05) is 13.8 Å². The summed E-state index contributed by atoms with van der Waals surface area (Å²) in [5.74, 6) is -0.0823. The largest absolute Gasteiger partial charge is 0.491 e. The number of ether oxygens (including phenoxy) is 3. The molecule has 1 atom stereocenters. The lowest BCUT2D eigenvalue weighted by molar-refractivity contribution is -0.148. The Balaban J connectivity index is 2.00. The maximum absolute atomic E-state index is 12.9. The fourth-order valence-corrected chi connectivity index (χ4v) is 2.89. The zero-order chi connectivity index (χ0) is 21.2. The van der Waals surface area contributed by atoms with Crippen LogP contribution in [0.2, 0.25) is 0 Å². The molecule has 2 rings (SSSR count). The van der Waals surface area contributed by atoms with Gasteiger partial charge < -0.3 is 24.4 Å².